The second kappa shape index (κ2) is 7.33. The minimum Gasteiger partial charge on any atom is -0.326 e. The third kappa shape index (κ3) is 4.25. The number of hydrogen-bond donors (Lipinski definition) is 2. The highest BCUT2D eigenvalue weighted by atomic mass is 79.9. The molecular formula is C12H20BrN3O2S2. The van der Waals surface area contributed by atoms with Crippen molar-refractivity contribution in [2.24, 2.45) is 5.73 Å². The van der Waals surface area contributed by atoms with Crippen LogP contribution in [0.1, 0.15) is 24.1 Å². The van der Waals surface area contributed by atoms with Gasteiger partial charge in [0.25, 0.3) is 0 Å². The molecule has 1 aliphatic heterocycles. The van der Waals surface area contributed by atoms with Crippen molar-refractivity contribution in [2.45, 2.75) is 30.7 Å². The molecule has 3 N–H and O–H groups in total. The van der Waals surface area contributed by atoms with Crippen molar-refractivity contribution in [3.05, 3.63) is 14.7 Å². The van der Waals surface area contributed by atoms with Crippen molar-refractivity contribution in [3.63, 3.8) is 0 Å². The Labute approximate surface area is 132 Å². The van der Waals surface area contributed by atoms with E-state index in [0.29, 0.717) is 21.8 Å². The largest absolute Gasteiger partial charge is 0.326 e. The summed E-state index contributed by atoms with van der Waals surface area (Å²) in [6.45, 7) is 3.71. The highest BCUT2D eigenvalue weighted by Crippen LogP contribution is 2.31. The van der Waals surface area contributed by atoms with Crippen LogP contribution in [0.25, 0.3) is 0 Å². The topological polar surface area (TPSA) is 75.4 Å². The van der Waals surface area contributed by atoms with Crippen LogP contribution in [-0.2, 0) is 16.6 Å². The van der Waals surface area contributed by atoms with Crippen LogP contribution in [0.5, 0.6) is 0 Å². The Morgan fingerprint density at radius 1 is 1.35 bits per heavy atom. The molecule has 0 saturated carbocycles. The van der Waals surface area contributed by atoms with Gasteiger partial charge >= 0.3 is 0 Å². The lowest BCUT2D eigenvalue weighted by Crippen LogP contribution is -2.37. The number of halogens is 1. The summed E-state index contributed by atoms with van der Waals surface area (Å²) in [5.74, 6) is 0. The van der Waals surface area contributed by atoms with Gasteiger partial charge in [0.1, 0.15) is 4.90 Å². The van der Waals surface area contributed by atoms with Crippen LogP contribution in [0, 0.1) is 0 Å². The maximum absolute atomic E-state index is 12.2. The summed E-state index contributed by atoms with van der Waals surface area (Å²) in [5.41, 5.74) is 5.54. The number of rotatable bonds is 6. The van der Waals surface area contributed by atoms with Crippen molar-refractivity contribution < 1.29 is 8.42 Å². The van der Waals surface area contributed by atoms with Gasteiger partial charge in [-0.1, -0.05) is 6.42 Å². The van der Waals surface area contributed by atoms with Crippen LogP contribution in [-0.4, -0.2) is 39.5 Å². The van der Waals surface area contributed by atoms with Gasteiger partial charge in [-0.15, -0.1) is 11.3 Å². The lowest BCUT2D eigenvalue weighted by atomic mass is 10.1. The van der Waals surface area contributed by atoms with E-state index in [1.165, 1.54) is 30.6 Å². The fraction of sp³-hybridized carbons (Fsp3) is 0.667. The summed E-state index contributed by atoms with van der Waals surface area (Å²) in [7, 11) is -3.45. The van der Waals surface area contributed by atoms with Gasteiger partial charge in [0.05, 0.1) is 3.79 Å². The van der Waals surface area contributed by atoms with Crippen LogP contribution in [0.15, 0.2) is 14.7 Å². The van der Waals surface area contributed by atoms with Gasteiger partial charge < -0.3 is 10.6 Å². The van der Waals surface area contributed by atoms with E-state index < -0.39 is 10.0 Å². The molecule has 0 bridgehead atoms. The van der Waals surface area contributed by atoms with Gasteiger partial charge in [-0.05, 0) is 47.9 Å². The van der Waals surface area contributed by atoms with Gasteiger partial charge in [0.15, 0.2) is 0 Å². The predicted octanol–water partition coefficient (Wildman–Crippen LogP) is 1.73. The molecule has 0 unspecified atom stereocenters. The van der Waals surface area contributed by atoms with E-state index in [-0.39, 0.29) is 0 Å². The minimum absolute atomic E-state index is 0.293. The average Bonchev–Trinajstić information content (AvgIpc) is 2.82. The summed E-state index contributed by atoms with van der Waals surface area (Å²) < 4.78 is 27.7. The molecule has 20 heavy (non-hydrogen) atoms. The monoisotopic (exact) mass is 381 g/mol. The van der Waals surface area contributed by atoms with Gasteiger partial charge in [0, 0.05) is 24.5 Å². The number of piperidine rings is 1. The lowest BCUT2D eigenvalue weighted by molar-refractivity contribution is 0.233. The first-order chi connectivity index (χ1) is 9.53. The lowest BCUT2D eigenvalue weighted by Gasteiger charge is -2.26. The van der Waals surface area contributed by atoms with Crippen molar-refractivity contribution in [1.82, 2.24) is 9.62 Å². The summed E-state index contributed by atoms with van der Waals surface area (Å²) in [6.07, 6.45) is 3.71. The number of nitrogens with zero attached hydrogens (tertiary/aromatic N) is 1. The van der Waals surface area contributed by atoms with Crippen LogP contribution in [0.4, 0.5) is 0 Å². The first-order valence-corrected chi connectivity index (χ1v) is 9.82. The highest BCUT2D eigenvalue weighted by Gasteiger charge is 2.20. The van der Waals surface area contributed by atoms with Crippen LogP contribution in [0.3, 0.4) is 0 Å². The molecule has 0 aliphatic carbocycles. The normalized spacial score (nSPS) is 17.5. The predicted molar refractivity (Wildman–Crippen MR) is 85.4 cm³/mol. The third-order valence-electron chi connectivity index (χ3n) is 3.37. The SMILES string of the molecule is NCc1cc(S(=O)(=O)NCCN2CCCCC2)c(Br)s1. The molecule has 1 aromatic rings. The smallest absolute Gasteiger partial charge is 0.242 e. The van der Waals surface area contributed by atoms with Crippen molar-refractivity contribution >= 4 is 37.3 Å². The second-order valence-corrected chi connectivity index (χ2v) is 9.04. The fourth-order valence-corrected chi connectivity index (χ4v) is 5.86. The number of thiophene rings is 1. The molecule has 114 valence electrons. The summed E-state index contributed by atoms with van der Waals surface area (Å²) in [4.78, 5) is 3.45. The molecule has 1 fully saturated rings. The van der Waals surface area contributed by atoms with Crippen LogP contribution >= 0.6 is 27.3 Å². The Kier molecular flexibility index (Phi) is 6.00. The minimum atomic E-state index is -3.45. The zero-order valence-corrected chi connectivity index (χ0v) is 14.5. The van der Waals surface area contributed by atoms with Gasteiger partial charge in [0.2, 0.25) is 10.0 Å². The third-order valence-corrected chi connectivity index (χ3v) is 7.10. The molecule has 5 nitrogen and oxygen atoms in total. The maximum atomic E-state index is 12.2. The van der Waals surface area contributed by atoms with E-state index in [1.807, 2.05) is 0 Å². The van der Waals surface area contributed by atoms with Gasteiger partial charge in [-0.2, -0.15) is 0 Å². The van der Waals surface area contributed by atoms with E-state index >= 15 is 0 Å². The standard InChI is InChI=1S/C12H20BrN3O2S2/c13-12-11(8-10(9-14)19-12)20(17,18)15-4-7-16-5-2-1-3-6-16/h8,15H,1-7,9,14H2. The maximum Gasteiger partial charge on any atom is 0.242 e. The van der Waals surface area contributed by atoms with E-state index in [0.717, 1.165) is 24.5 Å². The molecule has 0 spiro atoms. The molecule has 2 rings (SSSR count). The average molecular weight is 382 g/mol. The molecule has 0 amide bonds. The second-order valence-electron chi connectivity index (χ2n) is 4.85. The van der Waals surface area contributed by atoms with Crippen molar-refractivity contribution in [3.8, 4) is 0 Å². The van der Waals surface area contributed by atoms with Gasteiger partial charge in [-0.3, -0.25) is 0 Å². The molecule has 1 aromatic heterocycles. The Balaban J connectivity index is 1.91. The Morgan fingerprint density at radius 3 is 2.65 bits per heavy atom. The molecule has 1 aliphatic rings. The summed E-state index contributed by atoms with van der Waals surface area (Å²) >= 11 is 4.66. The van der Waals surface area contributed by atoms with E-state index in [2.05, 4.69) is 25.6 Å². The number of hydrogen-bond acceptors (Lipinski definition) is 5. The quantitative estimate of drug-likeness (QED) is 0.786. The van der Waals surface area contributed by atoms with E-state index in [1.54, 1.807) is 6.07 Å². The first-order valence-electron chi connectivity index (χ1n) is 6.73. The highest BCUT2D eigenvalue weighted by molar-refractivity contribution is 9.11. The summed E-state index contributed by atoms with van der Waals surface area (Å²) in [6, 6.07) is 1.64. The van der Waals surface area contributed by atoms with E-state index in [9.17, 15) is 8.42 Å². The van der Waals surface area contributed by atoms with E-state index in [4.69, 9.17) is 5.73 Å². The zero-order valence-electron chi connectivity index (χ0n) is 11.3. The molecule has 2 heterocycles. The number of nitrogens with one attached hydrogen (secondary N) is 1. The Morgan fingerprint density at radius 2 is 2.05 bits per heavy atom. The Hall–Kier alpha value is 0.01000. The molecular weight excluding hydrogens is 362 g/mol. The van der Waals surface area contributed by atoms with Gasteiger partial charge in [-0.25, -0.2) is 13.1 Å². The van der Waals surface area contributed by atoms with Crippen LogP contribution in [0.2, 0.25) is 0 Å². The Bertz CT molecular complexity index is 539. The van der Waals surface area contributed by atoms with Crippen LogP contribution < -0.4 is 10.5 Å². The number of sulfonamides is 1. The molecule has 8 heteroatoms. The molecule has 1 saturated heterocycles. The molecule has 0 aromatic carbocycles. The molecule has 0 atom stereocenters. The van der Waals surface area contributed by atoms with Crippen molar-refractivity contribution in [1.29, 1.82) is 0 Å². The fourth-order valence-electron chi connectivity index (χ4n) is 2.28. The summed E-state index contributed by atoms with van der Waals surface area (Å²) in [5, 5.41) is 0. The zero-order chi connectivity index (χ0) is 14.6. The number of nitrogens with two attached hydrogens (primary N) is 1. The molecule has 0 radical (unpaired) electrons. The van der Waals surface area contributed by atoms with Crippen molar-refractivity contribution in [2.75, 3.05) is 26.2 Å². The number of likely N-dealkylation sites (tertiary alicyclic amines) is 1. The first kappa shape index (κ1) is 16.4.